The highest BCUT2D eigenvalue weighted by atomic mass is 19.1. The lowest BCUT2D eigenvalue weighted by Gasteiger charge is -2.12. The Labute approximate surface area is 197 Å². The number of pyridine rings is 2. The van der Waals surface area contributed by atoms with Gasteiger partial charge in [-0.15, -0.1) is 0 Å². The van der Waals surface area contributed by atoms with Crippen molar-refractivity contribution >= 4 is 22.6 Å². The van der Waals surface area contributed by atoms with Gasteiger partial charge in [-0.05, 0) is 24.3 Å². The fourth-order valence-corrected chi connectivity index (χ4v) is 3.58. The molecule has 1 aromatic carbocycles. The van der Waals surface area contributed by atoms with Gasteiger partial charge in [-0.3, -0.25) is 19.4 Å². The van der Waals surface area contributed by atoms with E-state index in [4.69, 9.17) is 5.73 Å². The lowest BCUT2D eigenvalue weighted by Crippen LogP contribution is -2.26. The van der Waals surface area contributed by atoms with Crippen LogP contribution in [-0.2, 0) is 13.6 Å². The van der Waals surface area contributed by atoms with Gasteiger partial charge in [-0.25, -0.2) is 18.7 Å². The van der Waals surface area contributed by atoms with Gasteiger partial charge in [0, 0.05) is 36.5 Å². The van der Waals surface area contributed by atoms with Crippen molar-refractivity contribution in [2.75, 3.05) is 5.73 Å². The van der Waals surface area contributed by atoms with E-state index in [2.05, 4.69) is 30.4 Å². The Hall–Kier alpha value is -4.80. The Bertz CT molecular complexity index is 1580. The quantitative estimate of drug-likeness (QED) is 0.402. The van der Waals surface area contributed by atoms with E-state index >= 15 is 0 Å². The maximum atomic E-state index is 13.9. The molecule has 11 heteroatoms. The second kappa shape index (κ2) is 8.86. The molecule has 0 atom stereocenters. The monoisotopic (exact) mass is 472 g/mol. The molecule has 0 bridgehead atoms. The topological polar surface area (TPSA) is 124 Å². The first-order valence-corrected chi connectivity index (χ1v) is 10.5. The lowest BCUT2D eigenvalue weighted by molar-refractivity contribution is 0.0946. The minimum atomic E-state index is -0.875. The molecule has 9 nitrogen and oxygen atoms in total. The van der Waals surface area contributed by atoms with Gasteiger partial charge in [-0.1, -0.05) is 12.1 Å². The summed E-state index contributed by atoms with van der Waals surface area (Å²) in [4.78, 5) is 29.9. The van der Waals surface area contributed by atoms with Gasteiger partial charge in [0.2, 0.25) is 0 Å². The summed E-state index contributed by atoms with van der Waals surface area (Å²) in [6.07, 6.45) is 4.32. The third-order valence-corrected chi connectivity index (χ3v) is 5.27. The molecule has 0 saturated heterocycles. The van der Waals surface area contributed by atoms with Gasteiger partial charge in [0.1, 0.15) is 23.0 Å². The van der Waals surface area contributed by atoms with Crippen molar-refractivity contribution < 1.29 is 13.6 Å². The predicted molar refractivity (Wildman–Crippen MR) is 125 cm³/mol. The average Bonchev–Trinajstić information content (AvgIpc) is 3.29. The van der Waals surface area contributed by atoms with Crippen molar-refractivity contribution in [3.05, 3.63) is 84.1 Å². The van der Waals surface area contributed by atoms with E-state index in [1.807, 2.05) is 30.3 Å². The second-order valence-corrected chi connectivity index (χ2v) is 7.70. The van der Waals surface area contributed by atoms with Gasteiger partial charge in [-0.2, -0.15) is 5.10 Å². The second-order valence-electron chi connectivity index (χ2n) is 7.70. The lowest BCUT2D eigenvalue weighted by atomic mass is 10.0. The Balaban J connectivity index is 1.56. The third kappa shape index (κ3) is 4.38. The Morgan fingerprint density at radius 1 is 1.09 bits per heavy atom. The molecule has 0 saturated carbocycles. The van der Waals surface area contributed by atoms with Crippen LogP contribution in [-0.4, -0.2) is 35.6 Å². The third-order valence-electron chi connectivity index (χ3n) is 5.27. The van der Waals surface area contributed by atoms with Crippen LogP contribution in [0.2, 0.25) is 0 Å². The number of nitrogen functional groups attached to an aromatic ring is 1. The van der Waals surface area contributed by atoms with E-state index in [9.17, 15) is 13.6 Å². The number of nitrogens with zero attached hydrogens (tertiary/aromatic N) is 6. The Morgan fingerprint density at radius 3 is 2.71 bits per heavy atom. The number of nitrogens with one attached hydrogen (secondary N) is 1. The van der Waals surface area contributed by atoms with E-state index in [0.717, 1.165) is 17.1 Å². The molecule has 0 aliphatic carbocycles. The summed E-state index contributed by atoms with van der Waals surface area (Å²) in [5.74, 6) is -2.49. The van der Waals surface area contributed by atoms with Crippen LogP contribution in [0.5, 0.6) is 0 Å². The Kier molecular flexibility index (Phi) is 5.57. The number of fused-ring (bicyclic) bond motifs is 1. The molecule has 174 valence electrons. The Morgan fingerprint density at radius 2 is 1.94 bits per heavy atom. The molecule has 4 aromatic heterocycles. The van der Waals surface area contributed by atoms with Gasteiger partial charge in [0.25, 0.3) is 5.91 Å². The number of anilines is 1. The first-order chi connectivity index (χ1) is 16.9. The summed E-state index contributed by atoms with van der Waals surface area (Å²) >= 11 is 0. The molecule has 5 rings (SSSR count). The number of amides is 1. The minimum Gasteiger partial charge on any atom is -0.382 e. The summed E-state index contributed by atoms with van der Waals surface area (Å²) in [5.41, 5.74) is 8.62. The van der Waals surface area contributed by atoms with Crippen LogP contribution in [0, 0.1) is 11.6 Å². The van der Waals surface area contributed by atoms with E-state index in [0.29, 0.717) is 28.7 Å². The number of aromatic nitrogens is 6. The summed E-state index contributed by atoms with van der Waals surface area (Å²) in [5, 5.41) is 7.79. The zero-order valence-electron chi connectivity index (χ0n) is 18.4. The van der Waals surface area contributed by atoms with Crippen LogP contribution in [0.3, 0.4) is 0 Å². The number of rotatable bonds is 5. The molecule has 35 heavy (non-hydrogen) atoms. The molecule has 3 N–H and O–H groups in total. The highest BCUT2D eigenvalue weighted by molar-refractivity contribution is 5.98. The van der Waals surface area contributed by atoms with E-state index in [1.54, 1.807) is 30.2 Å². The normalized spacial score (nSPS) is 11.1. The van der Waals surface area contributed by atoms with E-state index in [1.165, 1.54) is 0 Å². The van der Waals surface area contributed by atoms with Crippen LogP contribution in [0.1, 0.15) is 16.2 Å². The molecule has 5 aromatic rings. The van der Waals surface area contributed by atoms with Gasteiger partial charge >= 0.3 is 0 Å². The number of nitrogens with two attached hydrogens (primary N) is 1. The molecular weight excluding hydrogens is 454 g/mol. The van der Waals surface area contributed by atoms with Crippen LogP contribution in [0.4, 0.5) is 14.6 Å². The number of benzene rings is 1. The largest absolute Gasteiger partial charge is 0.382 e. The number of hydrogen-bond acceptors (Lipinski definition) is 7. The molecule has 0 fully saturated rings. The molecule has 0 unspecified atom stereocenters. The molecule has 4 heterocycles. The average molecular weight is 472 g/mol. The number of hydrogen-bond donors (Lipinski definition) is 2. The smallest absolute Gasteiger partial charge is 0.274 e. The van der Waals surface area contributed by atoms with Crippen molar-refractivity contribution in [1.29, 1.82) is 0 Å². The zero-order valence-corrected chi connectivity index (χ0v) is 18.4. The fraction of sp³-hybridized carbons (Fsp3) is 0.0833. The molecule has 0 aliphatic heterocycles. The standard InChI is InChI=1S/C24H18F2N8O/c1-34-8-6-18(33-34)21-20(14-4-5-17-13(9-14)3-2-7-28-17)31-22(23(27)32-21)24(35)30-12-19-16(26)10-15(25)11-29-19/h2-11H,12H2,1H3,(H2,27,32)(H,30,35). The number of carbonyl (C=O) groups is 1. The summed E-state index contributed by atoms with van der Waals surface area (Å²) in [7, 11) is 1.77. The molecule has 0 spiro atoms. The number of halogens is 2. The SMILES string of the molecule is Cn1ccc(-c2nc(N)c(C(=O)NCc3ncc(F)cc3F)nc2-c2ccc3ncccc3c2)n1. The van der Waals surface area contributed by atoms with Gasteiger partial charge in [0.05, 0.1) is 29.6 Å². The molecule has 1 amide bonds. The van der Waals surface area contributed by atoms with Crippen LogP contribution in [0.15, 0.2) is 61.1 Å². The summed E-state index contributed by atoms with van der Waals surface area (Å²) < 4.78 is 28.6. The van der Waals surface area contributed by atoms with Crippen molar-refractivity contribution in [2.45, 2.75) is 6.54 Å². The van der Waals surface area contributed by atoms with Crippen molar-refractivity contribution in [3.8, 4) is 22.6 Å². The van der Waals surface area contributed by atoms with Crippen LogP contribution >= 0.6 is 0 Å². The minimum absolute atomic E-state index is 0.123. The van der Waals surface area contributed by atoms with Gasteiger partial charge in [0.15, 0.2) is 11.5 Å². The maximum Gasteiger partial charge on any atom is 0.274 e. The van der Waals surface area contributed by atoms with Crippen molar-refractivity contribution in [3.63, 3.8) is 0 Å². The van der Waals surface area contributed by atoms with E-state index < -0.39 is 17.5 Å². The molecule has 0 radical (unpaired) electrons. The maximum absolute atomic E-state index is 13.9. The number of carbonyl (C=O) groups excluding carboxylic acids is 1. The molecular formula is C24H18F2N8O. The highest BCUT2D eigenvalue weighted by Crippen LogP contribution is 2.31. The van der Waals surface area contributed by atoms with Crippen molar-refractivity contribution in [2.24, 2.45) is 7.05 Å². The van der Waals surface area contributed by atoms with E-state index in [-0.39, 0.29) is 23.8 Å². The predicted octanol–water partition coefficient (Wildman–Crippen LogP) is 3.28. The zero-order chi connectivity index (χ0) is 24.5. The number of aryl methyl sites for hydroxylation is 1. The first kappa shape index (κ1) is 22.0. The van der Waals surface area contributed by atoms with Gasteiger partial charge < -0.3 is 11.1 Å². The van der Waals surface area contributed by atoms with Crippen LogP contribution < -0.4 is 11.1 Å². The first-order valence-electron chi connectivity index (χ1n) is 10.5. The highest BCUT2D eigenvalue weighted by Gasteiger charge is 2.22. The van der Waals surface area contributed by atoms with Crippen LogP contribution in [0.25, 0.3) is 33.5 Å². The summed E-state index contributed by atoms with van der Waals surface area (Å²) in [6, 6.07) is 11.7. The summed E-state index contributed by atoms with van der Waals surface area (Å²) in [6.45, 7) is -0.287. The fourth-order valence-electron chi connectivity index (χ4n) is 3.58. The molecule has 0 aliphatic rings. The van der Waals surface area contributed by atoms with Crippen molar-refractivity contribution in [1.82, 2.24) is 35.0 Å².